The molecule has 2 aliphatic heterocycles. The van der Waals surface area contributed by atoms with E-state index >= 15 is 0 Å². The molecule has 0 spiro atoms. The molecule has 0 aromatic heterocycles. The highest BCUT2D eigenvalue weighted by Gasteiger charge is 2.33. The maximum Gasteiger partial charge on any atom is 0.323 e. The van der Waals surface area contributed by atoms with Crippen LogP contribution in [0.1, 0.15) is 19.4 Å². The van der Waals surface area contributed by atoms with Crippen molar-refractivity contribution in [2.75, 3.05) is 51.3 Å². The molecule has 5 rings (SSSR count). The van der Waals surface area contributed by atoms with Crippen LogP contribution in [0.3, 0.4) is 0 Å². The molecule has 14 heteroatoms. The van der Waals surface area contributed by atoms with E-state index in [4.69, 9.17) is 18.9 Å². The van der Waals surface area contributed by atoms with Gasteiger partial charge in [-0.3, -0.25) is 4.79 Å². The summed E-state index contributed by atoms with van der Waals surface area (Å²) in [4.78, 5) is 28.1. The molecule has 13 nitrogen and oxygen atoms in total. The van der Waals surface area contributed by atoms with Gasteiger partial charge in [0, 0.05) is 42.5 Å². The zero-order valence-electron chi connectivity index (χ0n) is 26.1. The Labute approximate surface area is 268 Å². The Morgan fingerprint density at radius 1 is 1.04 bits per heavy atom. The standard InChI is InChI=1S/C32H38N4O9S/c1-20-16-36(21(2)18-37)31(38)14-22-13-23(33-32(39)34-24-6-12-28-29(15-24)44-19-43-28)5-11-27(22)45-30(20)17-35(3)46(40,41)26-9-7-25(42-4)8-10-26/h5-13,15,20-21,30,37H,14,16-19H2,1-4H3,(H2,33,34,39)/t20-,21-,30+/m1/s1. The van der Waals surface area contributed by atoms with Crippen molar-refractivity contribution >= 4 is 33.3 Å². The molecule has 3 aromatic carbocycles. The lowest BCUT2D eigenvalue weighted by atomic mass is 10.0. The van der Waals surface area contributed by atoms with Gasteiger partial charge >= 0.3 is 6.03 Å². The lowest BCUT2D eigenvalue weighted by molar-refractivity contribution is -0.134. The van der Waals surface area contributed by atoms with Crippen LogP contribution in [0.25, 0.3) is 0 Å². The molecule has 0 fully saturated rings. The highest BCUT2D eigenvalue weighted by Crippen LogP contribution is 2.34. The number of amides is 3. The van der Waals surface area contributed by atoms with Crippen molar-refractivity contribution in [2.24, 2.45) is 5.92 Å². The molecule has 3 N–H and O–H groups in total. The van der Waals surface area contributed by atoms with E-state index in [0.29, 0.717) is 39.9 Å². The van der Waals surface area contributed by atoms with Crippen LogP contribution < -0.4 is 29.6 Å². The molecule has 246 valence electrons. The van der Waals surface area contributed by atoms with E-state index in [-0.39, 0.29) is 49.6 Å². The lowest BCUT2D eigenvalue weighted by Crippen LogP contribution is -2.48. The summed E-state index contributed by atoms with van der Waals surface area (Å²) in [5.74, 6) is 1.49. The monoisotopic (exact) mass is 654 g/mol. The number of nitrogens with one attached hydrogen (secondary N) is 2. The Balaban J connectivity index is 1.38. The van der Waals surface area contributed by atoms with Crippen LogP contribution in [0.15, 0.2) is 65.6 Å². The Morgan fingerprint density at radius 2 is 1.70 bits per heavy atom. The van der Waals surface area contributed by atoms with Gasteiger partial charge in [0.1, 0.15) is 17.6 Å². The van der Waals surface area contributed by atoms with E-state index in [0.717, 1.165) is 0 Å². The molecule has 46 heavy (non-hydrogen) atoms. The molecule has 3 aromatic rings. The number of fused-ring (bicyclic) bond motifs is 2. The smallest absolute Gasteiger partial charge is 0.323 e. The molecular formula is C32H38N4O9S. The number of hydrogen-bond donors (Lipinski definition) is 3. The van der Waals surface area contributed by atoms with E-state index in [1.807, 2.05) is 6.92 Å². The zero-order valence-corrected chi connectivity index (χ0v) is 26.9. The average molecular weight is 655 g/mol. The van der Waals surface area contributed by atoms with E-state index in [9.17, 15) is 23.1 Å². The van der Waals surface area contributed by atoms with Crippen molar-refractivity contribution in [3.63, 3.8) is 0 Å². The van der Waals surface area contributed by atoms with Crippen molar-refractivity contribution in [2.45, 2.75) is 37.3 Å². The largest absolute Gasteiger partial charge is 0.497 e. The first-order valence-corrected chi connectivity index (χ1v) is 16.2. The number of benzene rings is 3. The average Bonchev–Trinajstić information content (AvgIpc) is 3.52. The minimum absolute atomic E-state index is 0.0115. The number of carbonyl (C=O) groups excluding carboxylic acids is 2. The number of sulfonamides is 1. The number of likely N-dealkylation sites (N-methyl/N-ethyl adjacent to an activating group) is 1. The quantitative estimate of drug-likeness (QED) is 0.314. The van der Waals surface area contributed by atoms with Gasteiger partial charge in [-0.25, -0.2) is 13.2 Å². The van der Waals surface area contributed by atoms with Crippen molar-refractivity contribution in [3.8, 4) is 23.0 Å². The fourth-order valence-corrected chi connectivity index (χ4v) is 6.46. The number of hydrogen-bond acceptors (Lipinski definition) is 9. The summed E-state index contributed by atoms with van der Waals surface area (Å²) in [6.45, 7) is 3.72. The van der Waals surface area contributed by atoms with Gasteiger partial charge in [0.25, 0.3) is 0 Å². The van der Waals surface area contributed by atoms with Crippen LogP contribution >= 0.6 is 0 Å². The first kappa shape index (κ1) is 32.9. The van der Waals surface area contributed by atoms with Crippen molar-refractivity contribution < 1.29 is 42.1 Å². The number of aliphatic hydroxyl groups excluding tert-OH is 1. The van der Waals surface area contributed by atoms with E-state index < -0.39 is 28.2 Å². The van der Waals surface area contributed by atoms with E-state index in [2.05, 4.69) is 10.6 Å². The first-order chi connectivity index (χ1) is 22.0. The maximum absolute atomic E-state index is 13.5. The topological polar surface area (TPSA) is 156 Å². The van der Waals surface area contributed by atoms with Crippen molar-refractivity contribution in [1.82, 2.24) is 9.21 Å². The highest BCUT2D eigenvalue weighted by molar-refractivity contribution is 7.89. The van der Waals surface area contributed by atoms with Crippen LogP contribution in [0.5, 0.6) is 23.0 Å². The van der Waals surface area contributed by atoms with Gasteiger partial charge < -0.3 is 39.6 Å². The molecule has 0 bridgehead atoms. The summed E-state index contributed by atoms with van der Waals surface area (Å²) in [6.07, 6.45) is -0.720. The number of aliphatic hydroxyl groups is 1. The summed E-state index contributed by atoms with van der Waals surface area (Å²) in [6, 6.07) is 15.1. The minimum Gasteiger partial charge on any atom is -0.497 e. The summed E-state index contributed by atoms with van der Waals surface area (Å²) in [5.41, 5.74) is 1.42. The minimum atomic E-state index is -3.88. The SMILES string of the molecule is COc1ccc(S(=O)(=O)N(C)C[C@@H]2Oc3ccc(NC(=O)Nc4ccc5c(c4)OCO5)cc3CC(=O)N([C@H](C)CO)C[C@H]2C)cc1. The molecule has 3 atom stereocenters. The van der Waals surface area contributed by atoms with Crippen molar-refractivity contribution in [3.05, 3.63) is 66.2 Å². The second kappa shape index (κ2) is 13.8. The zero-order chi connectivity index (χ0) is 33.0. The third-order valence-electron chi connectivity index (χ3n) is 8.01. The van der Waals surface area contributed by atoms with Gasteiger partial charge in [0.2, 0.25) is 22.7 Å². The van der Waals surface area contributed by atoms with E-state index in [1.165, 1.54) is 30.6 Å². The third-order valence-corrected chi connectivity index (χ3v) is 9.85. The molecule has 2 heterocycles. The molecule has 2 aliphatic rings. The molecule has 0 saturated carbocycles. The molecule has 0 saturated heterocycles. The normalized spacial score (nSPS) is 18.5. The molecule has 0 radical (unpaired) electrons. The van der Waals surface area contributed by atoms with Gasteiger partial charge in [-0.2, -0.15) is 4.31 Å². The fraction of sp³-hybridized carbons (Fsp3) is 0.375. The Hall–Kier alpha value is -4.53. The number of methoxy groups -OCH3 is 1. The van der Waals surface area contributed by atoms with Gasteiger partial charge in [-0.1, -0.05) is 6.92 Å². The van der Waals surface area contributed by atoms with Crippen LogP contribution in [0.4, 0.5) is 16.2 Å². The maximum atomic E-state index is 13.5. The summed E-state index contributed by atoms with van der Waals surface area (Å²) in [5, 5.41) is 15.5. The molecule has 0 unspecified atom stereocenters. The summed E-state index contributed by atoms with van der Waals surface area (Å²) in [7, 11) is -0.897. The number of rotatable bonds is 9. The van der Waals surface area contributed by atoms with Crippen molar-refractivity contribution in [1.29, 1.82) is 0 Å². The third kappa shape index (κ3) is 7.30. The van der Waals surface area contributed by atoms with Gasteiger partial charge in [-0.05, 0) is 61.5 Å². The number of carbonyl (C=O) groups is 2. The fourth-order valence-electron chi connectivity index (χ4n) is 5.27. The molecule has 3 amide bonds. The molecular weight excluding hydrogens is 616 g/mol. The summed E-state index contributed by atoms with van der Waals surface area (Å²) < 4.78 is 50.4. The van der Waals surface area contributed by atoms with Crippen LogP contribution in [0, 0.1) is 5.92 Å². The Morgan fingerprint density at radius 3 is 2.37 bits per heavy atom. The van der Waals surface area contributed by atoms with Gasteiger partial charge in [-0.15, -0.1) is 0 Å². The predicted molar refractivity (Wildman–Crippen MR) is 170 cm³/mol. The van der Waals surface area contributed by atoms with Gasteiger partial charge in [0.05, 0.1) is 37.6 Å². The number of anilines is 2. The predicted octanol–water partition coefficient (Wildman–Crippen LogP) is 3.54. The van der Waals surface area contributed by atoms with Crippen LogP contribution in [-0.2, 0) is 21.2 Å². The van der Waals surface area contributed by atoms with Crippen LogP contribution in [-0.4, -0.2) is 87.5 Å². The summed E-state index contributed by atoms with van der Waals surface area (Å²) >= 11 is 0. The molecule has 0 aliphatic carbocycles. The number of nitrogens with zero attached hydrogens (tertiary/aromatic N) is 2. The number of ether oxygens (including phenoxy) is 4. The van der Waals surface area contributed by atoms with Crippen LogP contribution in [0.2, 0.25) is 0 Å². The second-order valence-corrected chi connectivity index (χ2v) is 13.4. The number of urea groups is 1. The Kier molecular flexibility index (Phi) is 9.89. The first-order valence-electron chi connectivity index (χ1n) is 14.8. The second-order valence-electron chi connectivity index (χ2n) is 11.3. The highest BCUT2D eigenvalue weighted by atomic mass is 32.2. The van der Waals surface area contributed by atoms with Gasteiger partial charge in [0.15, 0.2) is 11.5 Å². The Bertz CT molecular complexity index is 1680. The van der Waals surface area contributed by atoms with E-state index in [1.54, 1.807) is 60.4 Å². The lowest BCUT2D eigenvalue weighted by Gasteiger charge is -2.33.